The number of benzene rings is 1. The number of carbonyl (C=O) groups is 1. The number of thiazole rings is 1. The molecule has 3 aromatic rings. The van der Waals surface area contributed by atoms with Crippen molar-refractivity contribution < 1.29 is 14.3 Å². The van der Waals surface area contributed by atoms with E-state index in [4.69, 9.17) is 5.11 Å². The summed E-state index contributed by atoms with van der Waals surface area (Å²) in [6.07, 6.45) is 1.69. The molecule has 0 radical (unpaired) electrons. The number of aryl methyl sites for hydroxylation is 1. The SMILES string of the molecule is Cc1ccc(-c2cn3c(CC(=O)O)csc3n2)cc1F. The molecule has 0 aliphatic carbocycles. The van der Waals surface area contributed by atoms with Crippen LogP contribution in [0.3, 0.4) is 0 Å². The highest BCUT2D eigenvalue weighted by molar-refractivity contribution is 7.15. The second kappa shape index (κ2) is 4.72. The largest absolute Gasteiger partial charge is 0.481 e. The first-order chi connectivity index (χ1) is 9.54. The summed E-state index contributed by atoms with van der Waals surface area (Å²) in [6, 6.07) is 4.95. The van der Waals surface area contributed by atoms with Crippen molar-refractivity contribution in [1.29, 1.82) is 0 Å². The second-order valence-corrected chi connectivity index (χ2v) is 5.38. The van der Waals surface area contributed by atoms with Crippen molar-refractivity contribution in [2.75, 3.05) is 0 Å². The van der Waals surface area contributed by atoms with Crippen LogP contribution in [0.5, 0.6) is 0 Å². The van der Waals surface area contributed by atoms with Gasteiger partial charge in [-0.2, -0.15) is 0 Å². The third-order valence-electron chi connectivity index (χ3n) is 3.08. The molecule has 2 heterocycles. The summed E-state index contributed by atoms with van der Waals surface area (Å²) in [6.45, 7) is 1.70. The number of halogens is 1. The predicted molar refractivity (Wildman–Crippen MR) is 74.5 cm³/mol. The van der Waals surface area contributed by atoms with Gasteiger partial charge in [-0.3, -0.25) is 9.20 Å². The molecule has 2 aromatic heterocycles. The number of carboxylic acids is 1. The summed E-state index contributed by atoms with van der Waals surface area (Å²) in [7, 11) is 0. The number of aliphatic carboxylic acids is 1. The third kappa shape index (κ3) is 2.18. The van der Waals surface area contributed by atoms with E-state index in [-0.39, 0.29) is 12.2 Å². The molecule has 0 aliphatic rings. The van der Waals surface area contributed by atoms with Gasteiger partial charge in [0.1, 0.15) is 5.82 Å². The van der Waals surface area contributed by atoms with Gasteiger partial charge in [-0.05, 0) is 18.6 Å². The Balaban J connectivity index is 2.06. The van der Waals surface area contributed by atoms with Gasteiger partial charge in [0.2, 0.25) is 0 Å². The van der Waals surface area contributed by atoms with E-state index in [0.717, 1.165) is 0 Å². The van der Waals surface area contributed by atoms with E-state index in [1.54, 1.807) is 29.0 Å². The maximum Gasteiger partial charge on any atom is 0.309 e. The minimum Gasteiger partial charge on any atom is -0.481 e. The van der Waals surface area contributed by atoms with E-state index < -0.39 is 5.97 Å². The van der Waals surface area contributed by atoms with Crippen LogP contribution in [0.2, 0.25) is 0 Å². The van der Waals surface area contributed by atoms with Crippen molar-refractivity contribution in [3.63, 3.8) is 0 Å². The molecule has 4 nitrogen and oxygen atoms in total. The summed E-state index contributed by atoms with van der Waals surface area (Å²) in [4.78, 5) is 15.9. The highest BCUT2D eigenvalue weighted by Crippen LogP contribution is 2.25. The fourth-order valence-electron chi connectivity index (χ4n) is 2.00. The maximum absolute atomic E-state index is 13.6. The molecule has 20 heavy (non-hydrogen) atoms. The molecule has 6 heteroatoms. The number of hydrogen-bond donors (Lipinski definition) is 1. The van der Waals surface area contributed by atoms with Gasteiger partial charge in [0, 0.05) is 22.8 Å². The van der Waals surface area contributed by atoms with Crippen molar-refractivity contribution in [3.05, 3.63) is 46.9 Å². The number of hydrogen-bond acceptors (Lipinski definition) is 3. The maximum atomic E-state index is 13.6. The van der Waals surface area contributed by atoms with Gasteiger partial charge in [-0.25, -0.2) is 9.37 Å². The van der Waals surface area contributed by atoms with Crippen LogP contribution in [-0.2, 0) is 11.2 Å². The summed E-state index contributed by atoms with van der Waals surface area (Å²) in [5.41, 5.74) is 2.58. The van der Waals surface area contributed by atoms with E-state index in [1.165, 1.54) is 17.4 Å². The molecule has 0 spiro atoms. The lowest BCUT2D eigenvalue weighted by Gasteiger charge is -1.99. The topological polar surface area (TPSA) is 54.6 Å². The number of imidazole rings is 1. The number of carboxylic acid groups (broad SMARTS) is 1. The van der Waals surface area contributed by atoms with Crippen LogP contribution in [0.4, 0.5) is 4.39 Å². The first-order valence-electron chi connectivity index (χ1n) is 5.98. The monoisotopic (exact) mass is 290 g/mol. The molecule has 1 N–H and O–H groups in total. The zero-order valence-corrected chi connectivity index (χ0v) is 11.4. The first kappa shape index (κ1) is 12.8. The molecule has 102 valence electrons. The van der Waals surface area contributed by atoms with E-state index in [0.29, 0.717) is 27.5 Å². The Labute approximate surface area is 118 Å². The zero-order valence-electron chi connectivity index (χ0n) is 10.6. The summed E-state index contributed by atoms with van der Waals surface area (Å²) in [5.74, 6) is -1.16. The van der Waals surface area contributed by atoms with Crippen LogP contribution in [0.25, 0.3) is 16.2 Å². The van der Waals surface area contributed by atoms with Crippen LogP contribution >= 0.6 is 11.3 Å². The quantitative estimate of drug-likeness (QED) is 0.806. The highest BCUT2D eigenvalue weighted by Gasteiger charge is 2.12. The number of nitrogens with zero attached hydrogens (tertiary/aromatic N) is 2. The minimum absolute atomic E-state index is 0.0575. The molecule has 0 unspecified atom stereocenters. The van der Waals surface area contributed by atoms with Gasteiger partial charge in [-0.15, -0.1) is 11.3 Å². The Morgan fingerprint density at radius 3 is 3.00 bits per heavy atom. The van der Waals surface area contributed by atoms with E-state index in [2.05, 4.69) is 4.98 Å². The van der Waals surface area contributed by atoms with Crippen LogP contribution in [0.15, 0.2) is 29.8 Å². The van der Waals surface area contributed by atoms with Crippen LogP contribution < -0.4 is 0 Å². The minimum atomic E-state index is -0.888. The molecular weight excluding hydrogens is 279 g/mol. The first-order valence-corrected chi connectivity index (χ1v) is 6.86. The molecule has 0 bridgehead atoms. The summed E-state index contributed by atoms with van der Waals surface area (Å²) in [5, 5.41) is 10.6. The normalized spacial score (nSPS) is 11.1. The van der Waals surface area contributed by atoms with Crippen LogP contribution in [-0.4, -0.2) is 20.5 Å². The molecule has 0 aliphatic heterocycles. The van der Waals surface area contributed by atoms with Crippen molar-refractivity contribution in [2.45, 2.75) is 13.3 Å². The van der Waals surface area contributed by atoms with Crippen LogP contribution in [0, 0.1) is 12.7 Å². The lowest BCUT2D eigenvalue weighted by molar-refractivity contribution is -0.136. The Hall–Kier alpha value is -2.21. The summed E-state index contributed by atoms with van der Waals surface area (Å²) >= 11 is 1.37. The van der Waals surface area contributed by atoms with Crippen molar-refractivity contribution in [3.8, 4) is 11.3 Å². The Morgan fingerprint density at radius 1 is 1.50 bits per heavy atom. The second-order valence-electron chi connectivity index (χ2n) is 4.54. The number of aromatic nitrogens is 2. The molecule has 3 rings (SSSR count). The van der Waals surface area contributed by atoms with Gasteiger partial charge in [0.15, 0.2) is 4.96 Å². The zero-order chi connectivity index (χ0) is 14.3. The van der Waals surface area contributed by atoms with Crippen molar-refractivity contribution >= 4 is 22.3 Å². The van der Waals surface area contributed by atoms with Gasteiger partial charge in [0.05, 0.1) is 12.1 Å². The average Bonchev–Trinajstić information content (AvgIpc) is 2.94. The van der Waals surface area contributed by atoms with Gasteiger partial charge in [-0.1, -0.05) is 12.1 Å². The number of fused-ring (bicyclic) bond motifs is 1. The summed E-state index contributed by atoms with van der Waals surface area (Å²) < 4.78 is 15.3. The third-order valence-corrected chi connectivity index (χ3v) is 3.97. The Kier molecular flexibility index (Phi) is 3.02. The molecule has 0 atom stereocenters. The fraction of sp³-hybridized carbons (Fsp3) is 0.143. The van der Waals surface area contributed by atoms with Crippen molar-refractivity contribution in [2.24, 2.45) is 0 Å². The van der Waals surface area contributed by atoms with E-state index in [1.807, 2.05) is 6.07 Å². The van der Waals surface area contributed by atoms with Crippen LogP contribution in [0.1, 0.15) is 11.3 Å². The van der Waals surface area contributed by atoms with Gasteiger partial charge in [0.25, 0.3) is 0 Å². The highest BCUT2D eigenvalue weighted by atomic mass is 32.1. The molecule has 1 aromatic carbocycles. The smallest absolute Gasteiger partial charge is 0.309 e. The van der Waals surface area contributed by atoms with Crippen molar-refractivity contribution in [1.82, 2.24) is 9.38 Å². The average molecular weight is 290 g/mol. The standard InChI is InChI=1S/C14H11FN2O2S/c1-8-2-3-9(4-11(8)15)12-6-17-10(5-13(18)19)7-20-14(17)16-12/h2-4,6-7H,5H2,1H3,(H,18,19). The molecule has 0 saturated heterocycles. The lowest BCUT2D eigenvalue weighted by Crippen LogP contribution is -2.02. The van der Waals surface area contributed by atoms with E-state index in [9.17, 15) is 9.18 Å². The molecule has 0 saturated carbocycles. The molecular formula is C14H11FN2O2S. The Morgan fingerprint density at radius 2 is 2.30 bits per heavy atom. The van der Waals surface area contributed by atoms with Gasteiger partial charge >= 0.3 is 5.97 Å². The Bertz CT molecular complexity index is 807. The molecule has 0 fully saturated rings. The lowest BCUT2D eigenvalue weighted by atomic mass is 10.1. The van der Waals surface area contributed by atoms with Gasteiger partial charge < -0.3 is 5.11 Å². The number of rotatable bonds is 3. The fourth-order valence-corrected chi connectivity index (χ4v) is 2.88. The molecule has 0 amide bonds. The van der Waals surface area contributed by atoms with E-state index >= 15 is 0 Å². The predicted octanol–water partition coefficient (Wildman–Crippen LogP) is 3.14.